The van der Waals surface area contributed by atoms with Gasteiger partial charge in [-0.15, -0.1) is 23.1 Å². The summed E-state index contributed by atoms with van der Waals surface area (Å²) in [5.74, 6) is 1.52. The first-order valence-electron chi connectivity index (χ1n) is 5.33. The highest BCUT2D eigenvalue weighted by molar-refractivity contribution is 7.99. The summed E-state index contributed by atoms with van der Waals surface area (Å²) >= 11 is 3.38. The van der Waals surface area contributed by atoms with Crippen molar-refractivity contribution in [2.24, 2.45) is 0 Å². The Labute approximate surface area is 109 Å². The number of amides is 1. The van der Waals surface area contributed by atoms with E-state index in [1.807, 2.05) is 24.5 Å². The topological polar surface area (TPSA) is 44.9 Å². The van der Waals surface area contributed by atoms with Crippen molar-refractivity contribution in [3.8, 4) is 0 Å². The third-order valence-electron chi connectivity index (χ3n) is 2.21. The molecule has 0 aliphatic rings. The van der Waals surface area contributed by atoms with Crippen LogP contribution in [0.15, 0.2) is 36.0 Å². The number of hydrogen-bond donors (Lipinski definition) is 2. The molecule has 2 aromatic heterocycles. The first-order chi connectivity index (χ1) is 8.34. The molecule has 0 spiro atoms. The molecule has 0 radical (unpaired) electrons. The van der Waals surface area contributed by atoms with Gasteiger partial charge in [-0.05, 0) is 23.1 Å². The number of rotatable bonds is 6. The summed E-state index contributed by atoms with van der Waals surface area (Å²) in [5.41, 5.74) is 1.10. The Morgan fingerprint density at radius 3 is 3.12 bits per heavy atom. The average molecular weight is 266 g/mol. The highest BCUT2D eigenvalue weighted by Gasteiger charge is 2.02. The smallest absolute Gasteiger partial charge is 0.230 e. The van der Waals surface area contributed by atoms with Crippen LogP contribution in [0.2, 0.25) is 0 Å². The molecular weight excluding hydrogens is 252 g/mol. The molecule has 2 aromatic rings. The van der Waals surface area contributed by atoms with E-state index in [-0.39, 0.29) is 5.91 Å². The van der Waals surface area contributed by atoms with Gasteiger partial charge >= 0.3 is 0 Å². The lowest BCUT2D eigenvalue weighted by atomic mass is 10.3. The van der Waals surface area contributed by atoms with E-state index in [4.69, 9.17) is 0 Å². The predicted molar refractivity (Wildman–Crippen MR) is 73.1 cm³/mol. The summed E-state index contributed by atoms with van der Waals surface area (Å²) in [4.78, 5) is 15.8. The number of nitrogens with one attached hydrogen (secondary N) is 2. The molecule has 0 saturated carbocycles. The van der Waals surface area contributed by atoms with Crippen LogP contribution in [0.5, 0.6) is 0 Å². The number of aromatic amines is 1. The largest absolute Gasteiger partial charge is 0.367 e. The van der Waals surface area contributed by atoms with Crippen molar-refractivity contribution >= 4 is 29.0 Å². The Hall–Kier alpha value is -1.20. The molecule has 0 atom stereocenters. The quantitative estimate of drug-likeness (QED) is 0.844. The Morgan fingerprint density at radius 2 is 2.41 bits per heavy atom. The Balaban J connectivity index is 1.61. The number of carbonyl (C=O) groups is 1. The summed E-state index contributed by atoms with van der Waals surface area (Å²) in [6.07, 6.45) is 3.74. The molecule has 0 unspecified atom stereocenters. The van der Waals surface area contributed by atoms with E-state index in [1.54, 1.807) is 23.1 Å². The lowest BCUT2D eigenvalue weighted by Crippen LogP contribution is -2.24. The summed E-state index contributed by atoms with van der Waals surface area (Å²) < 4.78 is 0. The molecule has 2 rings (SSSR count). The maximum Gasteiger partial charge on any atom is 0.230 e. The number of hydrogen-bond acceptors (Lipinski definition) is 3. The molecule has 0 bridgehead atoms. The van der Waals surface area contributed by atoms with Gasteiger partial charge in [0.25, 0.3) is 0 Å². The fourth-order valence-corrected chi connectivity index (χ4v) is 3.06. The first kappa shape index (κ1) is 12.3. The zero-order valence-electron chi connectivity index (χ0n) is 9.31. The van der Waals surface area contributed by atoms with Gasteiger partial charge in [0.05, 0.1) is 5.75 Å². The van der Waals surface area contributed by atoms with E-state index in [2.05, 4.69) is 21.7 Å². The van der Waals surface area contributed by atoms with E-state index >= 15 is 0 Å². The van der Waals surface area contributed by atoms with Crippen molar-refractivity contribution in [3.05, 3.63) is 46.4 Å². The SMILES string of the molecule is O=C(CSCc1cccs1)NCc1cc[nH]c1. The molecule has 2 N–H and O–H groups in total. The number of H-pyrrole nitrogens is 1. The Bertz CT molecular complexity index is 437. The number of carbonyl (C=O) groups excluding carboxylic acids is 1. The second-order valence-electron chi connectivity index (χ2n) is 3.57. The average Bonchev–Trinajstić information content (AvgIpc) is 2.99. The fraction of sp³-hybridized carbons (Fsp3) is 0.250. The van der Waals surface area contributed by atoms with Crippen molar-refractivity contribution < 1.29 is 4.79 Å². The van der Waals surface area contributed by atoms with E-state index in [9.17, 15) is 4.79 Å². The van der Waals surface area contributed by atoms with Gasteiger partial charge in [0.15, 0.2) is 0 Å². The molecule has 5 heteroatoms. The van der Waals surface area contributed by atoms with Gasteiger partial charge in [-0.3, -0.25) is 4.79 Å². The summed E-state index contributed by atoms with van der Waals surface area (Å²) in [7, 11) is 0. The lowest BCUT2D eigenvalue weighted by molar-refractivity contribution is -0.118. The monoisotopic (exact) mass is 266 g/mol. The van der Waals surface area contributed by atoms with Crippen molar-refractivity contribution in [1.82, 2.24) is 10.3 Å². The van der Waals surface area contributed by atoms with Gasteiger partial charge in [0, 0.05) is 29.6 Å². The Kier molecular flexibility index (Phi) is 4.70. The van der Waals surface area contributed by atoms with Crippen molar-refractivity contribution in [2.45, 2.75) is 12.3 Å². The van der Waals surface area contributed by atoms with Crippen LogP contribution in [0.3, 0.4) is 0 Å². The highest BCUT2D eigenvalue weighted by Crippen LogP contribution is 2.16. The van der Waals surface area contributed by atoms with Crippen LogP contribution in [0, 0.1) is 0 Å². The maximum absolute atomic E-state index is 11.5. The van der Waals surface area contributed by atoms with Crippen molar-refractivity contribution in [3.63, 3.8) is 0 Å². The molecule has 17 heavy (non-hydrogen) atoms. The fourth-order valence-electron chi connectivity index (χ4n) is 1.36. The van der Waals surface area contributed by atoms with E-state index < -0.39 is 0 Å². The number of thioether (sulfide) groups is 1. The van der Waals surface area contributed by atoms with Gasteiger partial charge < -0.3 is 10.3 Å². The van der Waals surface area contributed by atoms with E-state index in [0.717, 1.165) is 11.3 Å². The normalized spacial score (nSPS) is 10.4. The van der Waals surface area contributed by atoms with Gasteiger partial charge in [-0.1, -0.05) is 6.07 Å². The van der Waals surface area contributed by atoms with Gasteiger partial charge in [0.1, 0.15) is 0 Å². The summed E-state index contributed by atoms with van der Waals surface area (Å²) in [6.45, 7) is 0.599. The van der Waals surface area contributed by atoms with Gasteiger partial charge in [0.2, 0.25) is 5.91 Å². The third kappa shape index (κ3) is 4.28. The minimum atomic E-state index is 0.0905. The van der Waals surface area contributed by atoms with Crippen LogP contribution in [0.4, 0.5) is 0 Å². The minimum Gasteiger partial charge on any atom is -0.367 e. The third-order valence-corrected chi connectivity index (χ3v) is 4.25. The van der Waals surface area contributed by atoms with Gasteiger partial charge in [-0.2, -0.15) is 0 Å². The van der Waals surface area contributed by atoms with Crippen LogP contribution >= 0.6 is 23.1 Å². The minimum absolute atomic E-state index is 0.0905. The van der Waals surface area contributed by atoms with Crippen molar-refractivity contribution in [1.29, 1.82) is 0 Å². The predicted octanol–water partition coefficient (Wildman–Crippen LogP) is 2.63. The van der Waals surface area contributed by atoms with Crippen LogP contribution in [0.1, 0.15) is 10.4 Å². The first-order valence-corrected chi connectivity index (χ1v) is 7.36. The molecular formula is C12H14N2OS2. The molecule has 0 fully saturated rings. The zero-order valence-corrected chi connectivity index (χ0v) is 10.9. The Morgan fingerprint density at radius 1 is 1.47 bits per heavy atom. The van der Waals surface area contributed by atoms with Gasteiger partial charge in [-0.25, -0.2) is 0 Å². The van der Waals surface area contributed by atoms with Crippen molar-refractivity contribution in [2.75, 3.05) is 5.75 Å². The summed E-state index contributed by atoms with van der Waals surface area (Å²) in [6, 6.07) is 6.08. The highest BCUT2D eigenvalue weighted by atomic mass is 32.2. The van der Waals surface area contributed by atoms with Crippen LogP contribution in [-0.2, 0) is 17.1 Å². The molecule has 0 aromatic carbocycles. The number of thiophene rings is 1. The molecule has 0 saturated heterocycles. The van der Waals surface area contributed by atoms with E-state index in [0.29, 0.717) is 12.3 Å². The van der Waals surface area contributed by atoms with Crippen LogP contribution in [-0.4, -0.2) is 16.6 Å². The number of aromatic nitrogens is 1. The summed E-state index contributed by atoms with van der Waals surface area (Å²) in [5, 5.41) is 4.95. The standard InChI is InChI=1S/C12H14N2OS2/c15-12(14-7-10-3-4-13-6-10)9-16-8-11-2-1-5-17-11/h1-6,13H,7-9H2,(H,14,15). The molecule has 3 nitrogen and oxygen atoms in total. The molecule has 1 amide bonds. The lowest BCUT2D eigenvalue weighted by Gasteiger charge is -2.03. The second-order valence-corrected chi connectivity index (χ2v) is 5.59. The van der Waals surface area contributed by atoms with E-state index in [1.165, 1.54) is 4.88 Å². The maximum atomic E-state index is 11.5. The van der Waals surface area contributed by atoms with Crippen LogP contribution < -0.4 is 5.32 Å². The molecule has 90 valence electrons. The zero-order chi connectivity index (χ0) is 11.9. The van der Waals surface area contributed by atoms with Crippen LogP contribution in [0.25, 0.3) is 0 Å². The molecule has 2 heterocycles. The molecule has 0 aliphatic carbocycles. The second kappa shape index (κ2) is 6.51. The molecule has 0 aliphatic heterocycles.